The average molecular weight is 273 g/mol. The molecule has 0 radical (unpaired) electrons. The van der Waals surface area contributed by atoms with Crippen LogP contribution in [0.5, 0.6) is 0 Å². The van der Waals surface area contributed by atoms with Gasteiger partial charge >= 0.3 is 0 Å². The molecule has 0 fully saturated rings. The van der Waals surface area contributed by atoms with Crippen LogP contribution in [0.15, 0.2) is 18.2 Å². The summed E-state index contributed by atoms with van der Waals surface area (Å²) in [5, 5.41) is 14.5. The summed E-state index contributed by atoms with van der Waals surface area (Å²) in [6.45, 7) is 8.12. The van der Waals surface area contributed by atoms with E-state index in [1.165, 1.54) is 11.1 Å². The van der Waals surface area contributed by atoms with Gasteiger partial charge in [-0.05, 0) is 47.5 Å². The van der Waals surface area contributed by atoms with Gasteiger partial charge in [0.25, 0.3) is 0 Å². The van der Waals surface area contributed by atoms with Crippen molar-refractivity contribution in [1.29, 1.82) is 0 Å². The lowest BCUT2D eigenvalue weighted by molar-refractivity contribution is -0.124. The minimum Gasteiger partial charge on any atom is -0.349 e. The molecular formula is C14H19N5O. The summed E-state index contributed by atoms with van der Waals surface area (Å²) in [5.74, 6) is 0.544. The van der Waals surface area contributed by atoms with E-state index in [-0.39, 0.29) is 11.8 Å². The van der Waals surface area contributed by atoms with E-state index in [2.05, 4.69) is 27.8 Å². The Morgan fingerprint density at radius 1 is 1.30 bits per heavy atom. The Morgan fingerprint density at radius 2 is 2.05 bits per heavy atom. The zero-order valence-corrected chi connectivity index (χ0v) is 12.2. The molecule has 0 spiro atoms. The zero-order valence-electron chi connectivity index (χ0n) is 12.2. The second-order valence-electron chi connectivity index (χ2n) is 5.15. The van der Waals surface area contributed by atoms with Gasteiger partial charge in [-0.3, -0.25) is 4.79 Å². The van der Waals surface area contributed by atoms with Crippen LogP contribution >= 0.6 is 0 Å². The maximum absolute atomic E-state index is 11.6. The van der Waals surface area contributed by atoms with Crippen molar-refractivity contribution in [1.82, 2.24) is 25.5 Å². The maximum Gasteiger partial charge on any atom is 0.222 e. The van der Waals surface area contributed by atoms with E-state index in [0.29, 0.717) is 12.4 Å². The lowest BCUT2D eigenvalue weighted by Crippen LogP contribution is -2.28. The molecule has 0 unspecified atom stereocenters. The Labute approximate surface area is 118 Å². The molecule has 1 amide bonds. The van der Waals surface area contributed by atoms with Crippen LogP contribution in [0.25, 0.3) is 5.69 Å². The second-order valence-corrected chi connectivity index (χ2v) is 5.15. The van der Waals surface area contributed by atoms with Gasteiger partial charge in [-0.1, -0.05) is 19.9 Å². The molecule has 2 rings (SSSR count). The fourth-order valence-electron chi connectivity index (χ4n) is 1.74. The van der Waals surface area contributed by atoms with Crippen molar-refractivity contribution < 1.29 is 4.79 Å². The molecule has 0 aliphatic carbocycles. The molecule has 0 atom stereocenters. The summed E-state index contributed by atoms with van der Waals surface area (Å²) in [4.78, 5) is 11.6. The van der Waals surface area contributed by atoms with Gasteiger partial charge in [0.05, 0.1) is 12.2 Å². The van der Waals surface area contributed by atoms with E-state index in [1.807, 2.05) is 39.0 Å². The highest BCUT2D eigenvalue weighted by Crippen LogP contribution is 2.14. The zero-order chi connectivity index (χ0) is 14.7. The number of nitrogens with one attached hydrogen (secondary N) is 1. The summed E-state index contributed by atoms with van der Waals surface area (Å²) in [5.41, 5.74) is 3.29. The minimum atomic E-state index is -0.0547. The second kappa shape index (κ2) is 5.81. The fourth-order valence-corrected chi connectivity index (χ4v) is 1.74. The minimum absolute atomic E-state index is 0.0142. The van der Waals surface area contributed by atoms with Gasteiger partial charge in [-0.25, -0.2) is 0 Å². The van der Waals surface area contributed by atoms with Crippen molar-refractivity contribution in [2.24, 2.45) is 5.92 Å². The van der Waals surface area contributed by atoms with Crippen molar-refractivity contribution in [3.63, 3.8) is 0 Å². The van der Waals surface area contributed by atoms with Crippen molar-refractivity contribution in [3.05, 3.63) is 35.2 Å². The number of hydrogen-bond donors (Lipinski definition) is 1. The molecule has 0 aliphatic rings. The highest BCUT2D eigenvalue weighted by molar-refractivity contribution is 5.77. The lowest BCUT2D eigenvalue weighted by Gasteiger charge is -2.09. The quantitative estimate of drug-likeness (QED) is 0.917. The molecule has 1 heterocycles. The Balaban J connectivity index is 2.20. The summed E-state index contributed by atoms with van der Waals surface area (Å²) in [7, 11) is 0. The smallest absolute Gasteiger partial charge is 0.222 e. The molecule has 1 aromatic heterocycles. The number of hydrogen-bond acceptors (Lipinski definition) is 4. The van der Waals surface area contributed by atoms with E-state index < -0.39 is 0 Å². The number of amides is 1. The van der Waals surface area contributed by atoms with Crippen LogP contribution in [-0.4, -0.2) is 26.1 Å². The average Bonchev–Trinajstić information content (AvgIpc) is 2.87. The number of aromatic nitrogens is 4. The molecule has 20 heavy (non-hydrogen) atoms. The number of aryl methyl sites for hydroxylation is 2. The molecule has 0 aliphatic heterocycles. The molecular weight excluding hydrogens is 254 g/mol. The maximum atomic E-state index is 11.6. The van der Waals surface area contributed by atoms with Crippen molar-refractivity contribution in [3.8, 4) is 5.69 Å². The number of rotatable bonds is 4. The first kappa shape index (κ1) is 14.2. The van der Waals surface area contributed by atoms with Gasteiger partial charge in [0.1, 0.15) is 0 Å². The van der Waals surface area contributed by atoms with Crippen LogP contribution in [0.4, 0.5) is 0 Å². The highest BCUT2D eigenvalue weighted by Gasteiger charge is 2.12. The summed E-state index contributed by atoms with van der Waals surface area (Å²) in [6, 6.07) is 6.02. The lowest BCUT2D eigenvalue weighted by atomic mass is 10.1. The largest absolute Gasteiger partial charge is 0.349 e. The van der Waals surface area contributed by atoms with Gasteiger partial charge in [0.2, 0.25) is 5.91 Å². The Bertz CT molecular complexity index is 618. The van der Waals surface area contributed by atoms with Crippen LogP contribution in [0, 0.1) is 19.8 Å². The summed E-state index contributed by atoms with van der Waals surface area (Å²) in [6.07, 6.45) is 0. The van der Waals surface area contributed by atoms with E-state index >= 15 is 0 Å². The first-order valence-electron chi connectivity index (χ1n) is 6.61. The topological polar surface area (TPSA) is 72.7 Å². The molecule has 2 aromatic rings. The molecule has 0 bridgehead atoms. The number of tetrazole rings is 1. The number of benzene rings is 1. The fraction of sp³-hybridized carbons (Fsp3) is 0.429. The Kier molecular flexibility index (Phi) is 4.12. The van der Waals surface area contributed by atoms with Gasteiger partial charge in [0.15, 0.2) is 5.82 Å². The van der Waals surface area contributed by atoms with Crippen LogP contribution in [-0.2, 0) is 11.3 Å². The predicted molar refractivity (Wildman–Crippen MR) is 75.3 cm³/mol. The van der Waals surface area contributed by atoms with E-state index in [4.69, 9.17) is 0 Å². The third-order valence-electron chi connectivity index (χ3n) is 3.21. The first-order chi connectivity index (χ1) is 9.49. The molecule has 6 heteroatoms. The van der Waals surface area contributed by atoms with Crippen LogP contribution in [0.2, 0.25) is 0 Å². The summed E-state index contributed by atoms with van der Waals surface area (Å²) < 4.78 is 1.65. The van der Waals surface area contributed by atoms with Crippen molar-refractivity contribution in [2.75, 3.05) is 0 Å². The Morgan fingerprint density at radius 3 is 2.70 bits per heavy atom. The molecule has 0 saturated heterocycles. The first-order valence-corrected chi connectivity index (χ1v) is 6.61. The summed E-state index contributed by atoms with van der Waals surface area (Å²) >= 11 is 0. The predicted octanol–water partition coefficient (Wildman–Crippen LogP) is 1.55. The Hall–Kier alpha value is -2.24. The van der Waals surface area contributed by atoms with Gasteiger partial charge in [-0.15, -0.1) is 5.10 Å². The number of carbonyl (C=O) groups is 1. The van der Waals surface area contributed by atoms with Crippen LogP contribution in [0.3, 0.4) is 0 Å². The highest BCUT2D eigenvalue weighted by atomic mass is 16.1. The number of carbonyl (C=O) groups excluding carboxylic acids is 1. The van der Waals surface area contributed by atoms with E-state index in [1.54, 1.807) is 4.68 Å². The number of nitrogens with zero attached hydrogens (tertiary/aromatic N) is 4. The van der Waals surface area contributed by atoms with E-state index in [0.717, 1.165) is 5.69 Å². The molecule has 6 nitrogen and oxygen atoms in total. The third kappa shape index (κ3) is 3.01. The monoisotopic (exact) mass is 273 g/mol. The molecule has 0 saturated carbocycles. The van der Waals surface area contributed by atoms with Gasteiger partial charge in [-0.2, -0.15) is 4.68 Å². The van der Waals surface area contributed by atoms with Crippen molar-refractivity contribution >= 4 is 5.91 Å². The third-order valence-corrected chi connectivity index (χ3v) is 3.21. The van der Waals surface area contributed by atoms with Gasteiger partial charge in [0, 0.05) is 5.92 Å². The molecule has 1 N–H and O–H groups in total. The molecule has 106 valence electrons. The standard InChI is InChI=1S/C14H19N5O/c1-9(2)14(20)15-8-13-16-17-18-19(13)12-6-5-10(3)11(4)7-12/h5-7,9H,8H2,1-4H3,(H,15,20). The van der Waals surface area contributed by atoms with Crippen LogP contribution < -0.4 is 5.32 Å². The van der Waals surface area contributed by atoms with E-state index in [9.17, 15) is 4.79 Å². The van der Waals surface area contributed by atoms with Gasteiger partial charge < -0.3 is 5.32 Å². The molecule has 1 aromatic carbocycles. The normalized spacial score (nSPS) is 10.8. The SMILES string of the molecule is Cc1ccc(-n2nnnc2CNC(=O)C(C)C)cc1C. The van der Waals surface area contributed by atoms with Crippen LogP contribution in [0.1, 0.15) is 30.8 Å². The van der Waals surface area contributed by atoms with Crippen molar-refractivity contribution in [2.45, 2.75) is 34.2 Å².